The number of carbonyl (C=O) groups excluding carboxylic acids is 1. The molecule has 0 aliphatic rings. The lowest BCUT2D eigenvalue weighted by molar-refractivity contribution is 0.0657. The second-order valence-electron chi connectivity index (χ2n) is 7.01. The van der Waals surface area contributed by atoms with Crippen LogP contribution >= 0.6 is 11.3 Å². The van der Waals surface area contributed by atoms with Gasteiger partial charge in [-0.2, -0.15) is 0 Å². The second-order valence-corrected chi connectivity index (χ2v) is 8.04. The number of amides is 1. The molecule has 0 atom stereocenters. The van der Waals surface area contributed by atoms with E-state index in [2.05, 4.69) is 10.3 Å². The third-order valence-corrected chi connectivity index (χ3v) is 5.41. The van der Waals surface area contributed by atoms with E-state index in [1.165, 1.54) is 0 Å². The number of nitrogens with zero attached hydrogens (tertiary/aromatic N) is 1. The number of hydrogen-bond donors (Lipinski definition) is 1. The zero-order valence-electron chi connectivity index (χ0n) is 16.3. The van der Waals surface area contributed by atoms with Gasteiger partial charge in [-0.1, -0.05) is 36.4 Å². The summed E-state index contributed by atoms with van der Waals surface area (Å²) in [4.78, 5) is 17.1. The molecule has 0 aliphatic carbocycles. The molecule has 2 aromatic heterocycles. The summed E-state index contributed by atoms with van der Waals surface area (Å²) in [7, 11) is 0. The molecule has 0 saturated heterocycles. The molecule has 2 aromatic carbocycles. The summed E-state index contributed by atoms with van der Waals surface area (Å²) < 4.78 is 12.5. The molecular formula is C23H22N2O3S. The number of benzene rings is 2. The van der Waals surface area contributed by atoms with Crippen molar-refractivity contribution in [2.75, 3.05) is 0 Å². The third kappa shape index (κ3) is 4.72. The van der Waals surface area contributed by atoms with Crippen LogP contribution in [0.5, 0.6) is 0 Å². The van der Waals surface area contributed by atoms with Crippen molar-refractivity contribution in [3.05, 3.63) is 77.6 Å². The molecule has 6 heteroatoms. The molecule has 0 saturated carbocycles. The molecule has 0 aliphatic heterocycles. The number of fused-ring (bicyclic) bond motifs is 1. The summed E-state index contributed by atoms with van der Waals surface area (Å²) in [6.45, 7) is 5.00. The van der Waals surface area contributed by atoms with E-state index in [0.717, 1.165) is 26.4 Å². The highest BCUT2D eigenvalue weighted by Crippen LogP contribution is 2.31. The van der Waals surface area contributed by atoms with Crippen LogP contribution in [0.15, 0.2) is 65.1 Å². The molecule has 2 heterocycles. The Kier molecular flexibility index (Phi) is 5.74. The zero-order valence-corrected chi connectivity index (χ0v) is 17.2. The summed E-state index contributed by atoms with van der Waals surface area (Å²) in [5.74, 6) is 0.629. The molecule has 5 nitrogen and oxygen atoms in total. The average Bonchev–Trinajstić information content (AvgIpc) is 3.37. The number of aromatic nitrogens is 1. The molecule has 0 bridgehead atoms. The van der Waals surface area contributed by atoms with E-state index < -0.39 is 0 Å². The SMILES string of the molecule is CC(C)OCc1cccc(CNC(=O)c2ccc(-c3nc4ccccc4s3)o2)c1. The van der Waals surface area contributed by atoms with Crippen molar-refractivity contribution in [2.45, 2.75) is 33.1 Å². The van der Waals surface area contributed by atoms with Gasteiger partial charge >= 0.3 is 0 Å². The van der Waals surface area contributed by atoms with Crippen LogP contribution in [0.3, 0.4) is 0 Å². The first-order chi connectivity index (χ1) is 14.1. The van der Waals surface area contributed by atoms with E-state index in [0.29, 0.717) is 18.9 Å². The van der Waals surface area contributed by atoms with E-state index >= 15 is 0 Å². The van der Waals surface area contributed by atoms with E-state index in [-0.39, 0.29) is 17.8 Å². The van der Waals surface area contributed by atoms with Gasteiger partial charge in [0, 0.05) is 6.54 Å². The molecule has 29 heavy (non-hydrogen) atoms. The van der Waals surface area contributed by atoms with Crippen LogP contribution in [-0.2, 0) is 17.9 Å². The third-order valence-electron chi connectivity index (χ3n) is 4.36. The fraction of sp³-hybridized carbons (Fsp3) is 0.217. The van der Waals surface area contributed by atoms with E-state index in [9.17, 15) is 4.79 Å². The minimum Gasteiger partial charge on any atom is -0.448 e. The van der Waals surface area contributed by atoms with Crippen LogP contribution < -0.4 is 5.32 Å². The Balaban J connectivity index is 1.40. The number of ether oxygens (including phenoxy) is 1. The molecule has 0 spiro atoms. The summed E-state index contributed by atoms with van der Waals surface area (Å²) in [6.07, 6.45) is 0.182. The second kappa shape index (κ2) is 8.59. The van der Waals surface area contributed by atoms with Gasteiger partial charge in [0.15, 0.2) is 16.5 Å². The summed E-state index contributed by atoms with van der Waals surface area (Å²) in [6, 6.07) is 19.4. The molecule has 4 rings (SSSR count). The van der Waals surface area contributed by atoms with Gasteiger partial charge in [0.2, 0.25) is 0 Å². The summed E-state index contributed by atoms with van der Waals surface area (Å²) in [5, 5.41) is 3.67. The van der Waals surface area contributed by atoms with Gasteiger partial charge in [-0.25, -0.2) is 4.98 Å². The topological polar surface area (TPSA) is 64.4 Å². The Bertz CT molecular complexity index is 1100. The smallest absolute Gasteiger partial charge is 0.287 e. The molecule has 148 valence electrons. The molecule has 1 amide bonds. The number of rotatable bonds is 7. The highest BCUT2D eigenvalue weighted by Gasteiger charge is 2.15. The average molecular weight is 407 g/mol. The van der Waals surface area contributed by atoms with Crippen LogP contribution in [-0.4, -0.2) is 17.0 Å². The van der Waals surface area contributed by atoms with E-state index in [4.69, 9.17) is 9.15 Å². The Morgan fingerprint density at radius 1 is 1.10 bits per heavy atom. The molecular weight excluding hydrogens is 384 g/mol. The number of carbonyl (C=O) groups is 1. The van der Waals surface area contributed by atoms with Crippen LogP contribution in [0, 0.1) is 0 Å². The number of thiazole rings is 1. The summed E-state index contributed by atoms with van der Waals surface area (Å²) >= 11 is 1.55. The molecule has 4 aromatic rings. The minimum absolute atomic E-state index is 0.182. The summed E-state index contributed by atoms with van der Waals surface area (Å²) in [5.41, 5.74) is 3.03. The van der Waals surface area contributed by atoms with Crippen LogP contribution in [0.4, 0.5) is 0 Å². The van der Waals surface area contributed by atoms with Crippen molar-refractivity contribution in [1.29, 1.82) is 0 Å². The Morgan fingerprint density at radius 2 is 1.93 bits per heavy atom. The van der Waals surface area contributed by atoms with Crippen LogP contribution in [0.25, 0.3) is 21.0 Å². The van der Waals surface area contributed by atoms with Gasteiger partial charge in [0.1, 0.15) is 0 Å². The molecule has 1 N–H and O–H groups in total. The number of hydrogen-bond acceptors (Lipinski definition) is 5. The monoisotopic (exact) mass is 406 g/mol. The lowest BCUT2D eigenvalue weighted by Crippen LogP contribution is -2.22. The number of furan rings is 1. The standard InChI is InChI=1S/C23H22N2O3S/c1-15(2)27-14-17-7-5-6-16(12-17)13-24-22(26)19-10-11-20(28-19)23-25-18-8-3-4-9-21(18)29-23/h3-12,15H,13-14H2,1-2H3,(H,24,26). The normalized spacial score (nSPS) is 11.3. The van der Waals surface area contributed by atoms with E-state index in [1.807, 2.05) is 62.4 Å². The maximum Gasteiger partial charge on any atom is 0.287 e. The maximum absolute atomic E-state index is 12.5. The van der Waals surface area contributed by atoms with Crippen molar-refractivity contribution in [1.82, 2.24) is 10.3 Å². The number of para-hydroxylation sites is 1. The predicted molar refractivity (Wildman–Crippen MR) is 115 cm³/mol. The lowest BCUT2D eigenvalue weighted by Gasteiger charge is -2.09. The van der Waals surface area contributed by atoms with Crippen molar-refractivity contribution >= 4 is 27.5 Å². The maximum atomic E-state index is 12.5. The first-order valence-electron chi connectivity index (χ1n) is 9.52. The van der Waals surface area contributed by atoms with Gasteiger partial charge in [-0.3, -0.25) is 4.79 Å². The number of nitrogens with one attached hydrogen (secondary N) is 1. The van der Waals surface area contributed by atoms with Gasteiger partial charge in [0.25, 0.3) is 5.91 Å². The highest BCUT2D eigenvalue weighted by molar-refractivity contribution is 7.21. The van der Waals surface area contributed by atoms with Crippen molar-refractivity contribution in [2.24, 2.45) is 0 Å². The zero-order chi connectivity index (χ0) is 20.2. The van der Waals surface area contributed by atoms with Crippen LogP contribution in [0.2, 0.25) is 0 Å². The largest absolute Gasteiger partial charge is 0.448 e. The Hall–Kier alpha value is -2.96. The fourth-order valence-electron chi connectivity index (χ4n) is 2.91. The van der Waals surface area contributed by atoms with Gasteiger partial charge in [0.05, 0.1) is 22.9 Å². The highest BCUT2D eigenvalue weighted by atomic mass is 32.1. The molecule has 0 fully saturated rings. The van der Waals surface area contributed by atoms with Crippen LogP contribution in [0.1, 0.15) is 35.5 Å². The first-order valence-corrected chi connectivity index (χ1v) is 10.3. The van der Waals surface area contributed by atoms with Gasteiger partial charge < -0.3 is 14.5 Å². The van der Waals surface area contributed by atoms with Gasteiger partial charge in [-0.15, -0.1) is 11.3 Å². The Labute approximate surface area is 173 Å². The molecule has 0 unspecified atom stereocenters. The fourth-order valence-corrected chi connectivity index (χ4v) is 3.84. The van der Waals surface area contributed by atoms with Crippen molar-refractivity contribution in [3.8, 4) is 10.8 Å². The Morgan fingerprint density at radius 3 is 2.76 bits per heavy atom. The lowest BCUT2D eigenvalue weighted by atomic mass is 10.1. The predicted octanol–water partition coefficient (Wildman–Crippen LogP) is 5.41. The van der Waals surface area contributed by atoms with Crippen molar-refractivity contribution < 1.29 is 13.9 Å². The first kappa shape index (κ1) is 19.4. The molecule has 0 radical (unpaired) electrons. The van der Waals surface area contributed by atoms with Crippen molar-refractivity contribution in [3.63, 3.8) is 0 Å². The van der Waals surface area contributed by atoms with E-state index in [1.54, 1.807) is 23.5 Å². The quantitative estimate of drug-likeness (QED) is 0.446. The minimum atomic E-state index is -0.249. The van der Waals surface area contributed by atoms with Gasteiger partial charge in [-0.05, 0) is 49.2 Å².